The van der Waals surface area contributed by atoms with Crippen LogP contribution in [0.2, 0.25) is 0 Å². The molecule has 0 atom stereocenters. The summed E-state index contributed by atoms with van der Waals surface area (Å²) in [5.41, 5.74) is 0.287. The van der Waals surface area contributed by atoms with Crippen molar-refractivity contribution in [1.82, 2.24) is 10.2 Å². The van der Waals surface area contributed by atoms with Crippen molar-refractivity contribution >= 4 is 0 Å². The summed E-state index contributed by atoms with van der Waals surface area (Å²) in [4.78, 5) is 2.63. The highest BCUT2D eigenvalue weighted by Gasteiger charge is 2.37. The Morgan fingerprint density at radius 1 is 1.40 bits per heavy atom. The van der Waals surface area contributed by atoms with E-state index in [1.54, 1.807) is 0 Å². The molecule has 2 aliphatic rings. The lowest BCUT2D eigenvalue weighted by atomic mass is 9.86. The van der Waals surface area contributed by atoms with Crippen LogP contribution in [0.1, 0.15) is 33.6 Å². The lowest BCUT2D eigenvalue weighted by Gasteiger charge is -2.48. The topological polar surface area (TPSA) is 24.5 Å². The van der Waals surface area contributed by atoms with Gasteiger partial charge >= 0.3 is 0 Å². The van der Waals surface area contributed by atoms with Crippen molar-refractivity contribution in [3.63, 3.8) is 0 Å². The average molecular weight is 212 g/mol. The summed E-state index contributed by atoms with van der Waals surface area (Å²) in [5.74, 6) is 0. The Balaban J connectivity index is 1.76. The van der Waals surface area contributed by atoms with Gasteiger partial charge in [0.15, 0.2) is 0 Å². The van der Waals surface area contributed by atoms with E-state index in [1.807, 2.05) is 0 Å². The van der Waals surface area contributed by atoms with Crippen LogP contribution in [0.5, 0.6) is 0 Å². The zero-order chi connectivity index (χ0) is 10.9. The Morgan fingerprint density at radius 3 is 2.73 bits per heavy atom. The number of nitrogens with zero attached hydrogens (tertiary/aromatic N) is 1. The molecule has 1 aliphatic heterocycles. The van der Waals surface area contributed by atoms with Gasteiger partial charge in [-0.15, -0.1) is 0 Å². The van der Waals surface area contributed by atoms with E-state index in [9.17, 15) is 0 Å². The predicted molar refractivity (Wildman–Crippen MR) is 62.1 cm³/mol. The van der Waals surface area contributed by atoms with Gasteiger partial charge in [-0.2, -0.15) is 0 Å². The number of piperazine rings is 1. The predicted octanol–water partition coefficient (Wildman–Crippen LogP) is 1.24. The van der Waals surface area contributed by atoms with Crippen molar-refractivity contribution in [2.75, 3.05) is 26.2 Å². The zero-order valence-electron chi connectivity index (χ0n) is 10.3. The van der Waals surface area contributed by atoms with Gasteiger partial charge in [-0.25, -0.2) is 0 Å². The third-order valence-corrected chi connectivity index (χ3v) is 3.59. The van der Waals surface area contributed by atoms with Gasteiger partial charge in [-0.05, 0) is 33.6 Å². The van der Waals surface area contributed by atoms with Crippen LogP contribution in [-0.4, -0.2) is 48.8 Å². The van der Waals surface area contributed by atoms with Crippen LogP contribution in [0.15, 0.2) is 0 Å². The Morgan fingerprint density at radius 2 is 2.13 bits per heavy atom. The second-order valence-corrected chi connectivity index (χ2v) is 5.48. The molecular weight excluding hydrogens is 188 g/mol. The van der Waals surface area contributed by atoms with E-state index in [4.69, 9.17) is 4.74 Å². The monoisotopic (exact) mass is 212 g/mol. The maximum Gasteiger partial charge on any atom is 0.0604 e. The molecule has 0 unspecified atom stereocenters. The summed E-state index contributed by atoms with van der Waals surface area (Å²) in [6.07, 6.45) is 3.02. The molecule has 0 radical (unpaired) electrons. The van der Waals surface area contributed by atoms with Crippen LogP contribution < -0.4 is 5.32 Å². The molecule has 3 nitrogen and oxygen atoms in total. The second kappa shape index (κ2) is 4.40. The molecule has 0 aromatic carbocycles. The molecule has 0 bridgehead atoms. The van der Waals surface area contributed by atoms with Crippen LogP contribution in [0.25, 0.3) is 0 Å². The molecule has 0 aromatic rings. The van der Waals surface area contributed by atoms with Crippen molar-refractivity contribution in [2.24, 2.45) is 0 Å². The number of ether oxygens (including phenoxy) is 1. The SMILES string of the molecule is CCOC1CC(N2CCNC(C)(C)C2)C1. The molecule has 0 amide bonds. The molecule has 0 spiro atoms. The Hall–Kier alpha value is -0.120. The first-order valence-corrected chi connectivity index (χ1v) is 6.21. The van der Waals surface area contributed by atoms with E-state index >= 15 is 0 Å². The van der Waals surface area contributed by atoms with E-state index in [0.29, 0.717) is 6.10 Å². The van der Waals surface area contributed by atoms with Gasteiger partial charge in [0, 0.05) is 37.8 Å². The third-order valence-electron chi connectivity index (χ3n) is 3.59. The molecule has 1 heterocycles. The third kappa shape index (κ3) is 2.71. The molecule has 88 valence electrons. The Labute approximate surface area is 93.2 Å². The summed E-state index contributed by atoms with van der Waals surface area (Å²) in [6, 6.07) is 0.780. The molecule has 1 N–H and O–H groups in total. The van der Waals surface area contributed by atoms with Gasteiger partial charge < -0.3 is 10.1 Å². The lowest BCUT2D eigenvalue weighted by molar-refractivity contribution is -0.0567. The number of nitrogens with one attached hydrogen (secondary N) is 1. The van der Waals surface area contributed by atoms with E-state index in [2.05, 4.69) is 31.0 Å². The second-order valence-electron chi connectivity index (χ2n) is 5.48. The number of rotatable bonds is 3. The molecule has 1 saturated carbocycles. The minimum atomic E-state index is 0.287. The summed E-state index contributed by atoms with van der Waals surface area (Å²) < 4.78 is 5.61. The normalized spacial score (nSPS) is 36.2. The number of hydrogen-bond donors (Lipinski definition) is 1. The highest BCUT2D eigenvalue weighted by atomic mass is 16.5. The number of hydrogen-bond acceptors (Lipinski definition) is 3. The fraction of sp³-hybridized carbons (Fsp3) is 1.00. The first-order valence-electron chi connectivity index (χ1n) is 6.21. The molecule has 1 aliphatic carbocycles. The summed E-state index contributed by atoms with van der Waals surface area (Å²) >= 11 is 0. The van der Waals surface area contributed by atoms with Gasteiger partial charge in [0.1, 0.15) is 0 Å². The smallest absolute Gasteiger partial charge is 0.0604 e. The van der Waals surface area contributed by atoms with Crippen LogP contribution in [0.4, 0.5) is 0 Å². The van der Waals surface area contributed by atoms with Crippen molar-refractivity contribution < 1.29 is 4.74 Å². The largest absolute Gasteiger partial charge is 0.378 e. The van der Waals surface area contributed by atoms with E-state index in [-0.39, 0.29) is 5.54 Å². The van der Waals surface area contributed by atoms with Crippen molar-refractivity contribution in [2.45, 2.75) is 51.3 Å². The summed E-state index contributed by atoms with van der Waals surface area (Å²) in [5, 5.41) is 3.55. The highest BCUT2D eigenvalue weighted by Crippen LogP contribution is 2.30. The Bertz CT molecular complexity index is 212. The van der Waals surface area contributed by atoms with Crippen molar-refractivity contribution in [3.8, 4) is 0 Å². The van der Waals surface area contributed by atoms with Crippen LogP contribution >= 0.6 is 0 Å². The van der Waals surface area contributed by atoms with Crippen LogP contribution in [0, 0.1) is 0 Å². The van der Waals surface area contributed by atoms with Crippen LogP contribution in [-0.2, 0) is 4.74 Å². The summed E-state index contributed by atoms with van der Waals surface area (Å²) in [6.45, 7) is 11.0. The molecule has 2 rings (SSSR count). The van der Waals surface area contributed by atoms with Gasteiger partial charge in [0.25, 0.3) is 0 Å². The lowest BCUT2D eigenvalue weighted by Crippen LogP contribution is -2.62. The van der Waals surface area contributed by atoms with Gasteiger partial charge in [-0.1, -0.05) is 0 Å². The van der Waals surface area contributed by atoms with E-state index in [0.717, 1.165) is 19.2 Å². The molecule has 3 heteroatoms. The zero-order valence-corrected chi connectivity index (χ0v) is 10.3. The fourth-order valence-corrected chi connectivity index (χ4v) is 2.70. The first kappa shape index (κ1) is 11.4. The van der Waals surface area contributed by atoms with E-state index in [1.165, 1.54) is 25.9 Å². The maximum absolute atomic E-state index is 5.61. The molecular formula is C12H24N2O. The standard InChI is InChI=1S/C12H24N2O/c1-4-15-11-7-10(8-11)14-6-5-13-12(2,3)9-14/h10-11,13H,4-9H2,1-3H3. The van der Waals surface area contributed by atoms with Crippen molar-refractivity contribution in [3.05, 3.63) is 0 Å². The highest BCUT2D eigenvalue weighted by molar-refractivity contribution is 4.95. The van der Waals surface area contributed by atoms with Gasteiger partial charge in [0.05, 0.1) is 6.10 Å². The van der Waals surface area contributed by atoms with Crippen molar-refractivity contribution in [1.29, 1.82) is 0 Å². The Kier molecular flexibility index (Phi) is 3.33. The summed E-state index contributed by atoms with van der Waals surface area (Å²) in [7, 11) is 0. The van der Waals surface area contributed by atoms with Gasteiger partial charge in [0.2, 0.25) is 0 Å². The molecule has 1 saturated heterocycles. The van der Waals surface area contributed by atoms with E-state index < -0.39 is 0 Å². The minimum Gasteiger partial charge on any atom is -0.378 e. The molecule has 0 aromatic heterocycles. The van der Waals surface area contributed by atoms with Gasteiger partial charge in [-0.3, -0.25) is 4.90 Å². The fourth-order valence-electron chi connectivity index (χ4n) is 2.70. The average Bonchev–Trinajstić information content (AvgIpc) is 2.08. The molecule has 15 heavy (non-hydrogen) atoms. The first-order chi connectivity index (χ1) is 7.11. The van der Waals surface area contributed by atoms with Crippen LogP contribution in [0.3, 0.4) is 0 Å². The quantitative estimate of drug-likeness (QED) is 0.762. The molecule has 2 fully saturated rings. The minimum absolute atomic E-state index is 0.287. The maximum atomic E-state index is 5.61.